The number of nitrogens with zero attached hydrogens (tertiary/aromatic N) is 2. The second kappa shape index (κ2) is 10.0. The number of hydrogen-bond donors (Lipinski definition) is 2. The average molecular weight is 431 g/mol. The molecule has 0 unspecified atom stereocenters. The third-order valence-corrected chi connectivity index (χ3v) is 7.43. The molecule has 0 saturated carbocycles. The third kappa shape index (κ3) is 5.45. The molecule has 2 saturated heterocycles. The van der Waals surface area contributed by atoms with Gasteiger partial charge in [-0.25, -0.2) is 8.42 Å². The molecule has 0 bridgehead atoms. The van der Waals surface area contributed by atoms with Crippen molar-refractivity contribution < 1.29 is 13.2 Å². The zero-order valence-corrected chi connectivity index (χ0v) is 18.2. The maximum absolute atomic E-state index is 13.0. The molecule has 7 nitrogen and oxygen atoms in total. The summed E-state index contributed by atoms with van der Waals surface area (Å²) < 4.78 is 27.6. The van der Waals surface area contributed by atoms with Crippen molar-refractivity contribution in [3.05, 3.63) is 23.8 Å². The van der Waals surface area contributed by atoms with E-state index < -0.39 is 10.0 Å². The molecule has 2 fully saturated rings. The van der Waals surface area contributed by atoms with E-state index in [1.807, 2.05) is 0 Å². The summed E-state index contributed by atoms with van der Waals surface area (Å²) in [6, 6.07) is 5.43. The Hall–Kier alpha value is -1.19. The Bertz CT molecular complexity index is 781. The van der Waals surface area contributed by atoms with Crippen molar-refractivity contribution in [3.63, 3.8) is 0 Å². The Kier molecular flexibility index (Phi) is 8.27. The number of anilines is 1. The van der Waals surface area contributed by atoms with Crippen molar-refractivity contribution in [2.75, 3.05) is 44.6 Å². The van der Waals surface area contributed by atoms with E-state index in [4.69, 9.17) is 0 Å². The number of sulfonamides is 1. The number of nitrogens with one attached hydrogen (secondary N) is 2. The first-order chi connectivity index (χ1) is 12.9. The molecule has 9 heteroatoms. The fourth-order valence-corrected chi connectivity index (χ4v) is 5.47. The first kappa shape index (κ1) is 23.1. The standard InChI is InChI=1S/C19H30N4O3S.ClH/c1-15-6-7-17(21-19(24)14-22-11-8-20-13-16(22)2)12-18(15)27(25,26)23-9-4-3-5-10-23;/h6-7,12,16,20H,3-5,8-11,13-14H2,1-2H3,(H,21,24);1H/t16-;/m0./s1. The van der Waals surface area contributed by atoms with Crippen molar-refractivity contribution in [2.45, 2.75) is 44.0 Å². The summed E-state index contributed by atoms with van der Waals surface area (Å²) in [5, 5.41) is 6.17. The van der Waals surface area contributed by atoms with Gasteiger partial charge in [-0.3, -0.25) is 9.69 Å². The molecule has 3 rings (SSSR count). The third-order valence-electron chi connectivity index (χ3n) is 5.39. The molecular formula is C19H31ClN4O3S. The molecule has 2 N–H and O–H groups in total. The normalized spacial score (nSPS) is 21.7. The van der Waals surface area contributed by atoms with Crippen LogP contribution >= 0.6 is 12.4 Å². The Morgan fingerprint density at radius 2 is 1.93 bits per heavy atom. The summed E-state index contributed by atoms with van der Waals surface area (Å²) in [6.45, 7) is 7.91. The van der Waals surface area contributed by atoms with Crippen molar-refractivity contribution in [3.8, 4) is 0 Å². The Balaban J connectivity index is 0.00000280. The van der Waals surface area contributed by atoms with Crippen LogP contribution < -0.4 is 10.6 Å². The largest absolute Gasteiger partial charge is 0.325 e. The van der Waals surface area contributed by atoms with E-state index in [1.165, 1.54) is 0 Å². The van der Waals surface area contributed by atoms with Crippen molar-refractivity contribution in [1.82, 2.24) is 14.5 Å². The number of benzene rings is 1. The second-order valence-electron chi connectivity index (χ2n) is 7.52. The summed E-state index contributed by atoms with van der Waals surface area (Å²) in [6.07, 6.45) is 2.88. The van der Waals surface area contributed by atoms with E-state index in [1.54, 1.807) is 29.4 Å². The van der Waals surface area contributed by atoms with Gasteiger partial charge in [0.2, 0.25) is 15.9 Å². The van der Waals surface area contributed by atoms with E-state index in [-0.39, 0.29) is 23.2 Å². The molecule has 2 aliphatic rings. The minimum atomic E-state index is -3.52. The van der Waals surface area contributed by atoms with Crippen LogP contribution in [0.3, 0.4) is 0 Å². The average Bonchev–Trinajstić information content (AvgIpc) is 2.66. The van der Waals surface area contributed by atoms with E-state index in [9.17, 15) is 13.2 Å². The molecular weight excluding hydrogens is 400 g/mol. The predicted octanol–water partition coefficient (Wildman–Crippen LogP) is 1.82. The van der Waals surface area contributed by atoms with Gasteiger partial charge in [-0.15, -0.1) is 12.4 Å². The van der Waals surface area contributed by atoms with Gasteiger partial charge >= 0.3 is 0 Å². The highest BCUT2D eigenvalue weighted by Crippen LogP contribution is 2.26. The number of carbonyl (C=O) groups is 1. The Labute approximate surface area is 174 Å². The maximum Gasteiger partial charge on any atom is 0.243 e. The highest BCUT2D eigenvalue weighted by atomic mass is 35.5. The minimum absolute atomic E-state index is 0. The lowest BCUT2D eigenvalue weighted by Gasteiger charge is -2.33. The van der Waals surface area contributed by atoms with Gasteiger partial charge in [0.15, 0.2) is 0 Å². The summed E-state index contributed by atoms with van der Waals surface area (Å²) in [4.78, 5) is 14.9. The number of halogens is 1. The van der Waals surface area contributed by atoms with E-state index >= 15 is 0 Å². The molecule has 0 aliphatic carbocycles. The highest BCUT2D eigenvalue weighted by Gasteiger charge is 2.28. The van der Waals surface area contributed by atoms with Crippen molar-refractivity contribution in [2.24, 2.45) is 0 Å². The Morgan fingerprint density at radius 3 is 2.61 bits per heavy atom. The number of aryl methyl sites for hydroxylation is 1. The number of amides is 1. The van der Waals surface area contributed by atoms with E-state index in [0.29, 0.717) is 36.9 Å². The second-order valence-corrected chi connectivity index (χ2v) is 9.42. The van der Waals surface area contributed by atoms with Gasteiger partial charge in [0.1, 0.15) is 0 Å². The fourth-order valence-electron chi connectivity index (χ4n) is 3.70. The molecule has 158 valence electrons. The smallest absolute Gasteiger partial charge is 0.243 e. The lowest BCUT2D eigenvalue weighted by atomic mass is 10.2. The maximum atomic E-state index is 13.0. The van der Waals surface area contributed by atoms with Gasteiger partial charge in [-0.1, -0.05) is 12.5 Å². The fraction of sp³-hybridized carbons (Fsp3) is 0.632. The van der Waals surface area contributed by atoms with Crippen LogP contribution in [0.25, 0.3) is 0 Å². The van der Waals surface area contributed by atoms with Crippen LogP contribution in [0.15, 0.2) is 23.1 Å². The number of hydrogen-bond acceptors (Lipinski definition) is 5. The lowest BCUT2D eigenvalue weighted by Crippen LogP contribution is -2.51. The Morgan fingerprint density at radius 1 is 1.21 bits per heavy atom. The predicted molar refractivity (Wildman–Crippen MR) is 114 cm³/mol. The summed E-state index contributed by atoms with van der Waals surface area (Å²) >= 11 is 0. The number of piperazine rings is 1. The van der Waals surface area contributed by atoms with Crippen LogP contribution in [0.1, 0.15) is 31.7 Å². The first-order valence-corrected chi connectivity index (χ1v) is 11.2. The van der Waals surface area contributed by atoms with Crippen molar-refractivity contribution in [1.29, 1.82) is 0 Å². The number of piperidine rings is 1. The van der Waals surface area contributed by atoms with Gasteiger partial charge in [-0.05, 0) is 44.4 Å². The molecule has 1 aromatic rings. The zero-order valence-electron chi connectivity index (χ0n) is 16.6. The van der Waals surface area contributed by atoms with Crippen LogP contribution in [0, 0.1) is 6.92 Å². The summed E-state index contributed by atoms with van der Waals surface area (Å²) in [5.74, 6) is -0.117. The van der Waals surface area contributed by atoms with Crippen LogP contribution in [-0.2, 0) is 14.8 Å². The van der Waals surface area contributed by atoms with Gasteiger partial charge in [0.25, 0.3) is 0 Å². The quantitative estimate of drug-likeness (QED) is 0.744. The van der Waals surface area contributed by atoms with E-state index in [2.05, 4.69) is 22.5 Å². The summed E-state index contributed by atoms with van der Waals surface area (Å²) in [5.41, 5.74) is 1.23. The monoisotopic (exact) mass is 430 g/mol. The molecule has 0 aromatic heterocycles. The van der Waals surface area contributed by atoms with Gasteiger partial charge in [0, 0.05) is 44.5 Å². The van der Waals surface area contributed by atoms with Gasteiger partial charge in [0.05, 0.1) is 11.4 Å². The summed E-state index contributed by atoms with van der Waals surface area (Å²) in [7, 11) is -3.52. The molecule has 1 atom stereocenters. The molecule has 1 amide bonds. The van der Waals surface area contributed by atoms with Crippen LogP contribution in [0.5, 0.6) is 0 Å². The minimum Gasteiger partial charge on any atom is -0.325 e. The molecule has 0 radical (unpaired) electrons. The van der Waals surface area contributed by atoms with E-state index in [0.717, 1.165) is 38.9 Å². The lowest BCUT2D eigenvalue weighted by molar-refractivity contribution is -0.118. The van der Waals surface area contributed by atoms with Gasteiger partial charge < -0.3 is 10.6 Å². The topological polar surface area (TPSA) is 81.8 Å². The zero-order chi connectivity index (χ0) is 19.4. The number of carbonyl (C=O) groups excluding carboxylic acids is 1. The SMILES string of the molecule is Cc1ccc(NC(=O)CN2CCNC[C@@H]2C)cc1S(=O)(=O)N1CCCCC1.Cl. The van der Waals surface area contributed by atoms with Gasteiger partial charge in [-0.2, -0.15) is 4.31 Å². The molecule has 1 aromatic carbocycles. The molecule has 2 heterocycles. The van der Waals surface area contributed by atoms with Crippen molar-refractivity contribution >= 4 is 34.0 Å². The van der Waals surface area contributed by atoms with Crippen LogP contribution in [0.2, 0.25) is 0 Å². The molecule has 0 spiro atoms. The molecule has 28 heavy (non-hydrogen) atoms. The number of rotatable bonds is 5. The molecule has 2 aliphatic heterocycles. The highest BCUT2D eigenvalue weighted by molar-refractivity contribution is 7.89. The first-order valence-electron chi connectivity index (χ1n) is 9.73. The van der Waals surface area contributed by atoms with Crippen LogP contribution in [-0.4, -0.2) is 68.8 Å². The van der Waals surface area contributed by atoms with Crippen LogP contribution in [0.4, 0.5) is 5.69 Å².